The molecule has 1 aliphatic rings. The predicted molar refractivity (Wildman–Crippen MR) is 76.6 cm³/mol. The Labute approximate surface area is 108 Å². The van der Waals surface area contributed by atoms with E-state index in [1.807, 2.05) is 24.8 Å². The first kappa shape index (κ1) is 12.6. The summed E-state index contributed by atoms with van der Waals surface area (Å²) in [5.41, 5.74) is 7.63. The molecular formula is C13H21N3S. The first-order valence-electron chi connectivity index (χ1n) is 6.20. The number of aryl methyl sites for hydroxylation is 1. The second kappa shape index (κ2) is 5.63. The molecule has 2 rings (SSSR count). The second-order valence-electron chi connectivity index (χ2n) is 4.78. The maximum absolute atomic E-state index is 5.77. The van der Waals surface area contributed by atoms with Gasteiger partial charge in [-0.25, -0.2) is 4.98 Å². The Morgan fingerprint density at radius 2 is 2.06 bits per heavy atom. The molecule has 4 heteroatoms. The summed E-state index contributed by atoms with van der Waals surface area (Å²) < 4.78 is 0. The van der Waals surface area contributed by atoms with Gasteiger partial charge in [0.05, 0.1) is 11.9 Å². The van der Waals surface area contributed by atoms with Gasteiger partial charge >= 0.3 is 0 Å². The van der Waals surface area contributed by atoms with Gasteiger partial charge in [0.2, 0.25) is 0 Å². The molecule has 1 aromatic heterocycles. The van der Waals surface area contributed by atoms with E-state index < -0.39 is 0 Å². The van der Waals surface area contributed by atoms with E-state index in [0.717, 1.165) is 22.3 Å². The summed E-state index contributed by atoms with van der Waals surface area (Å²) in [6.07, 6.45) is 9.07. The zero-order valence-corrected chi connectivity index (χ0v) is 11.4. The Morgan fingerprint density at radius 3 is 2.65 bits per heavy atom. The fourth-order valence-corrected chi connectivity index (χ4v) is 3.04. The number of aromatic nitrogens is 1. The minimum atomic E-state index is 0.578. The van der Waals surface area contributed by atoms with E-state index in [-0.39, 0.29) is 0 Å². The molecule has 0 aliphatic heterocycles. The third kappa shape index (κ3) is 3.28. The molecule has 1 saturated carbocycles. The number of nitrogens with one attached hydrogen (secondary N) is 1. The van der Waals surface area contributed by atoms with Crippen LogP contribution in [0.1, 0.15) is 31.2 Å². The molecule has 0 unspecified atom stereocenters. The first-order valence-corrected chi connectivity index (χ1v) is 7.49. The Kier molecular flexibility index (Phi) is 4.15. The molecule has 3 N–H and O–H groups in total. The minimum absolute atomic E-state index is 0.578. The van der Waals surface area contributed by atoms with E-state index in [4.69, 9.17) is 5.73 Å². The summed E-state index contributed by atoms with van der Waals surface area (Å²) in [6.45, 7) is 2.02. The van der Waals surface area contributed by atoms with Gasteiger partial charge in [-0.2, -0.15) is 11.8 Å². The van der Waals surface area contributed by atoms with Crippen LogP contribution in [0.4, 0.5) is 11.5 Å². The molecule has 0 amide bonds. The number of rotatable bonds is 3. The zero-order valence-electron chi connectivity index (χ0n) is 10.6. The Bertz CT molecular complexity index is 373. The summed E-state index contributed by atoms with van der Waals surface area (Å²) >= 11 is 2.00. The number of hydrogen-bond donors (Lipinski definition) is 2. The summed E-state index contributed by atoms with van der Waals surface area (Å²) in [7, 11) is 0. The van der Waals surface area contributed by atoms with Crippen molar-refractivity contribution in [3.8, 4) is 0 Å². The summed E-state index contributed by atoms with van der Waals surface area (Å²) in [6, 6.07) is 2.62. The third-order valence-electron chi connectivity index (χ3n) is 3.51. The molecule has 17 heavy (non-hydrogen) atoms. The van der Waals surface area contributed by atoms with Crippen LogP contribution in [0.3, 0.4) is 0 Å². The zero-order chi connectivity index (χ0) is 12.3. The molecule has 0 spiro atoms. The van der Waals surface area contributed by atoms with Crippen LogP contribution >= 0.6 is 11.8 Å². The third-order valence-corrected chi connectivity index (χ3v) is 4.65. The monoisotopic (exact) mass is 251 g/mol. The number of anilines is 2. The molecule has 0 radical (unpaired) electrons. The summed E-state index contributed by atoms with van der Waals surface area (Å²) in [5, 5.41) is 4.37. The van der Waals surface area contributed by atoms with Crippen LogP contribution in [-0.2, 0) is 0 Å². The van der Waals surface area contributed by atoms with Crippen molar-refractivity contribution in [2.24, 2.45) is 0 Å². The van der Waals surface area contributed by atoms with Crippen molar-refractivity contribution in [3.63, 3.8) is 0 Å². The van der Waals surface area contributed by atoms with Gasteiger partial charge in [0, 0.05) is 11.3 Å². The molecular weight excluding hydrogens is 230 g/mol. The fourth-order valence-electron chi connectivity index (χ4n) is 2.30. The quantitative estimate of drug-likeness (QED) is 0.867. The Morgan fingerprint density at radius 1 is 1.35 bits per heavy atom. The van der Waals surface area contributed by atoms with E-state index in [1.165, 1.54) is 25.7 Å². The summed E-state index contributed by atoms with van der Waals surface area (Å²) in [4.78, 5) is 4.33. The molecule has 1 aliphatic carbocycles. The van der Waals surface area contributed by atoms with E-state index in [9.17, 15) is 0 Å². The van der Waals surface area contributed by atoms with E-state index >= 15 is 0 Å². The van der Waals surface area contributed by atoms with Crippen molar-refractivity contribution in [2.45, 2.75) is 43.9 Å². The van der Waals surface area contributed by atoms with Gasteiger partial charge in [0.1, 0.15) is 5.82 Å². The van der Waals surface area contributed by atoms with Gasteiger partial charge in [-0.1, -0.05) is 0 Å². The van der Waals surface area contributed by atoms with Gasteiger partial charge in [-0.05, 0) is 50.5 Å². The Balaban J connectivity index is 1.91. The lowest BCUT2D eigenvalue weighted by molar-refractivity contribution is 0.472. The van der Waals surface area contributed by atoms with E-state index in [2.05, 4.69) is 16.6 Å². The largest absolute Gasteiger partial charge is 0.397 e. The number of nitrogens with zero attached hydrogens (tertiary/aromatic N) is 1. The lowest BCUT2D eigenvalue weighted by atomic mass is 9.95. The average Bonchev–Trinajstić information content (AvgIpc) is 2.35. The number of nitrogen functional groups attached to an aromatic ring is 1. The van der Waals surface area contributed by atoms with Crippen LogP contribution in [0.15, 0.2) is 12.3 Å². The number of hydrogen-bond acceptors (Lipinski definition) is 4. The van der Waals surface area contributed by atoms with Gasteiger partial charge in [0.25, 0.3) is 0 Å². The average molecular weight is 251 g/mol. The second-order valence-corrected chi connectivity index (χ2v) is 5.92. The highest BCUT2D eigenvalue weighted by Crippen LogP contribution is 2.28. The van der Waals surface area contributed by atoms with Crippen molar-refractivity contribution < 1.29 is 0 Å². The number of thioether (sulfide) groups is 1. The highest BCUT2D eigenvalue weighted by molar-refractivity contribution is 7.99. The highest BCUT2D eigenvalue weighted by atomic mass is 32.2. The molecule has 0 atom stereocenters. The van der Waals surface area contributed by atoms with Crippen molar-refractivity contribution in [3.05, 3.63) is 17.8 Å². The summed E-state index contributed by atoms with van der Waals surface area (Å²) in [5.74, 6) is 0.962. The van der Waals surface area contributed by atoms with Gasteiger partial charge in [-0.15, -0.1) is 0 Å². The molecule has 1 aromatic rings. The standard InChI is InChI=1S/C13H21N3S/c1-9-7-13(15-8-12(9)14)16-10-3-5-11(17-2)6-4-10/h7-8,10-11H,3-6,14H2,1-2H3,(H,15,16). The van der Waals surface area contributed by atoms with Crippen molar-refractivity contribution in [1.82, 2.24) is 4.98 Å². The fraction of sp³-hybridized carbons (Fsp3) is 0.615. The number of pyridine rings is 1. The molecule has 0 bridgehead atoms. The predicted octanol–water partition coefficient (Wildman–Crippen LogP) is 3.06. The van der Waals surface area contributed by atoms with Crippen LogP contribution < -0.4 is 11.1 Å². The van der Waals surface area contributed by atoms with Gasteiger partial charge in [0.15, 0.2) is 0 Å². The maximum Gasteiger partial charge on any atom is 0.126 e. The lowest BCUT2D eigenvalue weighted by Crippen LogP contribution is -2.27. The van der Waals surface area contributed by atoms with Gasteiger partial charge < -0.3 is 11.1 Å². The van der Waals surface area contributed by atoms with E-state index in [0.29, 0.717) is 6.04 Å². The van der Waals surface area contributed by atoms with Crippen molar-refractivity contribution in [2.75, 3.05) is 17.3 Å². The number of nitrogens with two attached hydrogens (primary N) is 1. The van der Waals surface area contributed by atoms with Crippen LogP contribution in [0.5, 0.6) is 0 Å². The van der Waals surface area contributed by atoms with Crippen molar-refractivity contribution in [1.29, 1.82) is 0 Å². The lowest BCUT2D eigenvalue weighted by Gasteiger charge is -2.28. The molecule has 1 fully saturated rings. The molecule has 1 heterocycles. The molecule has 0 saturated heterocycles. The van der Waals surface area contributed by atoms with Crippen LogP contribution in [0.2, 0.25) is 0 Å². The minimum Gasteiger partial charge on any atom is -0.397 e. The van der Waals surface area contributed by atoms with Crippen molar-refractivity contribution >= 4 is 23.3 Å². The highest BCUT2D eigenvalue weighted by Gasteiger charge is 2.20. The first-order chi connectivity index (χ1) is 8.19. The molecule has 3 nitrogen and oxygen atoms in total. The SMILES string of the molecule is CSC1CCC(Nc2cc(C)c(N)cn2)CC1. The normalized spacial score (nSPS) is 24.6. The molecule has 0 aromatic carbocycles. The topological polar surface area (TPSA) is 50.9 Å². The van der Waals surface area contributed by atoms with Crippen LogP contribution in [0.25, 0.3) is 0 Å². The van der Waals surface area contributed by atoms with Crippen LogP contribution in [0, 0.1) is 6.92 Å². The Hall–Kier alpha value is -0.900. The van der Waals surface area contributed by atoms with E-state index in [1.54, 1.807) is 6.20 Å². The maximum atomic E-state index is 5.77. The molecule has 94 valence electrons. The smallest absolute Gasteiger partial charge is 0.126 e. The van der Waals surface area contributed by atoms with Gasteiger partial charge in [-0.3, -0.25) is 0 Å². The van der Waals surface area contributed by atoms with Crippen LogP contribution in [-0.4, -0.2) is 22.5 Å².